The topological polar surface area (TPSA) is 66.2 Å². The zero-order chi connectivity index (χ0) is 21.6. The molecule has 0 amide bonds. The molecule has 0 atom stereocenters. The van der Waals surface area contributed by atoms with Crippen LogP contribution >= 0.6 is 0 Å². The highest BCUT2D eigenvalue weighted by atomic mass is 16.5. The molecule has 0 saturated heterocycles. The summed E-state index contributed by atoms with van der Waals surface area (Å²) in [7, 11) is 3.09. The third-order valence-corrected chi connectivity index (χ3v) is 4.78. The van der Waals surface area contributed by atoms with Gasteiger partial charge in [-0.1, -0.05) is 18.2 Å². The van der Waals surface area contributed by atoms with Crippen LogP contribution in [0.2, 0.25) is 0 Å². The van der Waals surface area contributed by atoms with E-state index in [4.69, 9.17) is 14.6 Å². The molecule has 0 bridgehead atoms. The van der Waals surface area contributed by atoms with Gasteiger partial charge < -0.3 is 9.47 Å². The van der Waals surface area contributed by atoms with Crippen LogP contribution in [-0.2, 0) is 0 Å². The minimum absolute atomic E-state index is 0.194. The van der Waals surface area contributed by atoms with Crippen LogP contribution < -0.4 is 9.47 Å². The Bertz CT molecular complexity index is 1220. The van der Waals surface area contributed by atoms with E-state index >= 15 is 0 Å². The molecule has 0 N–H and O–H groups in total. The first-order chi connectivity index (χ1) is 15.2. The lowest BCUT2D eigenvalue weighted by Crippen LogP contribution is -1.99. The van der Waals surface area contributed by atoms with Crippen molar-refractivity contribution in [1.29, 1.82) is 0 Å². The molecule has 0 aliphatic carbocycles. The Morgan fingerprint density at radius 1 is 1.00 bits per heavy atom. The summed E-state index contributed by atoms with van der Waals surface area (Å²) in [6, 6.07) is 18.7. The van der Waals surface area contributed by atoms with E-state index in [0.29, 0.717) is 17.1 Å². The number of benzene rings is 2. The van der Waals surface area contributed by atoms with Gasteiger partial charge in [0.2, 0.25) is 0 Å². The van der Waals surface area contributed by atoms with Crippen LogP contribution in [0.1, 0.15) is 15.9 Å². The summed E-state index contributed by atoms with van der Waals surface area (Å²) in [5.41, 5.74) is 3.75. The molecule has 2 aromatic heterocycles. The van der Waals surface area contributed by atoms with Gasteiger partial charge in [0.1, 0.15) is 17.2 Å². The number of methoxy groups -OCH3 is 2. The number of allylic oxidation sites excluding steroid dienone is 1. The van der Waals surface area contributed by atoms with Crippen molar-refractivity contribution in [2.75, 3.05) is 14.2 Å². The SMILES string of the molecule is COc1ccc(OC)c(C(=O)/C=C/c2cn(-c3ccccc3)nc2-c2cccnc2)c1. The Morgan fingerprint density at radius 2 is 1.84 bits per heavy atom. The summed E-state index contributed by atoms with van der Waals surface area (Å²) in [5, 5.41) is 4.73. The van der Waals surface area contributed by atoms with E-state index in [9.17, 15) is 4.79 Å². The van der Waals surface area contributed by atoms with Crippen molar-refractivity contribution < 1.29 is 14.3 Å². The zero-order valence-corrected chi connectivity index (χ0v) is 17.2. The van der Waals surface area contributed by atoms with E-state index in [2.05, 4.69) is 4.98 Å². The molecule has 4 aromatic rings. The van der Waals surface area contributed by atoms with Crippen LogP contribution in [0.3, 0.4) is 0 Å². The van der Waals surface area contributed by atoms with Crippen LogP contribution in [0.25, 0.3) is 23.0 Å². The van der Waals surface area contributed by atoms with E-state index in [1.807, 2.05) is 48.7 Å². The molecule has 0 aliphatic rings. The molecular weight excluding hydrogens is 390 g/mol. The van der Waals surface area contributed by atoms with Crippen LogP contribution in [0.15, 0.2) is 85.3 Å². The predicted molar refractivity (Wildman–Crippen MR) is 120 cm³/mol. The zero-order valence-electron chi connectivity index (χ0n) is 17.2. The number of para-hydroxylation sites is 1. The van der Waals surface area contributed by atoms with Crippen molar-refractivity contribution in [3.63, 3.8) is 0 Å². The standard InChI is InChI=1S/C25H21N3O3/c1-30-21-11-13-24(31-2)22(15-21)23(29)12-10-19-17-28(20-8-4-3-5-9-20)27-25(19)18-7-6-14-26-16-18/h3-17H,1-2H3/b12-10+. The predicted octanol–water partition coefficient (Wildman–Crippen LogP) is 4.85. The fraction of sp³-hybridized carbons (Fsp3) is 0.0800. The van der Waals surface area contributed by atoms with Gasteiger partial charge in [-0.2, -0.15) is 5.10 Å². The van der Waals surface area contributed by atoms with Gasteiger partial charge in [0.05, 0.1) is 25.5 Å². The van der Waals surface area contributed by atoms with E-state index in [0.717, 1.165) is 22.5 Å². The first-order valence-corrected chi connectivity index (χ1v) is 9.69. The van der Waals surface area contributed by atoms with E-state index in [1.165, 1.54) is 13.2 Å². The molecule has 6 heteroatoms. The van der Waals surface area contributed by atoms with Crippen molar-refractivity contribution in [2.24, 2.45) is 0 Å². The fourth-order valence-electron chi connectivity index (χ4n) is 3.21. The second-order valence-electron chi connectivity index (χ2n) is 6.72. The molecule has 2 heterocycles. The monoisotopic (exact) mass is 411 g/mol. The summed E-state index contributed by atoms with van der Waals surface area (Å²) in [6.07, 6.45) is 8.64. The van der Waals surface area contributed by atoms with Gasteiger partial charge in [-0.3, -0.25) is 9.78 Å². The lowest BCUT2D eigenvalue weighted by atomic mass is 10.1. The second kappa shape index (κ2) is 9.09. The first kappa shape index (κ1) is 20.1. The molecule has 0 spiro atoms. The highest BCUT2D eigenvalue weighted by molar-refractivity contribution is 6.09. The minimum atomic E-state index is -0.194. The van der Waals surface area contributed by atoms with Gasteiger partial charge >= 0.3 is 0 Å². The Morgan fingerprint density at radius 3 is 2.55 bits per heavy atom. The normalized spacial score (nSPS) is 10.9. The van der Waals surface area contributed by atoms with Gasteiger partial charge in [0.25, 0.3) is 0 Å². The molecule has 2 aromatic carbocycles. The third kappa shape index (κ3) is 4.38. The first-order valence-electron chi connectivity index (χ1n) is 9.69. The molecule has 31 heavy (non-hydrogen) atoms. The molecule has 0 fully saturated rings. The maximum absolute atomic E-state index is 12.9. The summed E-state index contributed by atoms with van der Waals surface area (Å²) < 4.78 is 12.4. The number of pyridine rings is 1. The van der Waals surface area contributed by atoms with E-state index in [-0.39, 0.29) is 5.78 Å². The maximum atomic E-state index is 12.9. The van der Waals surface area contributed by atoms with Crippen LogP contribution in [-0.4, -0.2) is 34.8 Å². The number of rotatable bonds is 7. The Hall–Kier alpha value is -4.19. The maximum Gasteiger partial charge on any atom is 0.189 e. The minimum Gasteiger partial charge on any atom is -0.497 e. The Balaban J connectivity index is 1.73. The number of aromatic nitrogens is 3. The van der Waals surface area contributed by atoms with Gasteiger partial charge in [-0.05, 0) is 54.6 Å². The Kier molecular flexibility index (Phi) is 5.89. The molecular formula is C25H21N3O3. The number of hydrogen-bond acceptors (Lipinski definition) is 5. The second-order valence-corrected chi connectivity index (χ2v) is 6.72. The van der Waals surface area contributed by atoms with Crippen LogP contribution in [0, 0.1) is 0 Å². The number of nitrogens with zero attached hydrogens (tertiary/aromatic N) is 3. The summed E-state index contributed by atoms with van der Waals surface area (Å²) in [5.74, 6) is 0.883. The van der Waals surface area contributed by atoms with Crippen molar-refractivity contribution in [3.8, 4) is 28.4 Å². The number of ether oxygens (including phenoxy) is 2. The van der Waals surface area contributed by atoms with E-state index in [1.54, 1.807) is 48.5 Å². The molecule has 6 nitrogen and oxygen atoms in total. The largest absolute Gasteiger partial charge is 0.497 e. The van der Waals surface area contributed by atoms with Crippen molar-refractivity contribution in [3.05, 3.63) is 96.5 Å². The quantitative estimate of drug-likeness (QED) is 0.321. The number of carbonyl (C=O) groups excluding carboxylic acids is 1. The van der Waals surface area contributed by atoms with Crippen LogP contribution in [0.4, 0.5) is 0 Å². The van der Waals surface area contributed by atoms with Gasteiger partial charge in [-0.15, -0.1) is 0 Å². The average molecular weight is 411 g/mol. The third-order valence-electron chi connectivity index (χ3n) is 4.78. The number of ketones is 1. The summed E-state index contributed by atoms with van der Waals surface area (Å²) >= 11 is 0. The average Bonchev–Trinajstić information content (AvgIpc) is 3.27. The smallest absolute Gasteiger partial charge is 0.189 e. The summed E-state index contributed by atoms with van der Waals surface area (Å²) in [4.78, 5) is 17.1. The summed E-state index contributed by atoms with van der Waals surface area (Å²) in [6.45, 7) is 0. The highest BCUT2D eigenvalue weighted by Crippen LogP contribution is 2.27. The molecule has 0 unspecified atom stereocenters. The van der Waals surface area contributed by atoms with Crippen LogP contribution in [0.5, 0.6) is 11.5 Å². The molecule has 0 radical (unpaired) electrons. The van der Waals surface area contributed by atoms with Gasteiger partial charge in [0, 0.05) is 29.7 Å². The molecule has 4 rings (SSSR count). The lowest BCUT2D eigenvalue weighted by molar-refractivity contribution is 0.104. The van der Waals surface area contributed by atoms with Gasteiger partial charge in [0.15, 0.2) is 5.78 Å². The highest BCUT2D eigenvalue weighted by Gasteiger charge is 2.14. The lowest BCUT2D eigenvalue weighted by Gasteiger charge is -2.07. The molecule has 0 aliphatic heterocycles. The number of carbonyl (C=O) groups is 1. The Labute approximate surface area is 180 Å². The molecule has 0 saturated carbocycles. The van der Waals surface area contributed by atoms with Crippen molar-refractivity contribution in [2.45, 2.75) is 0 Å². The van der Waals surface area contributed by atoms with Crippen molar-refractivity contribution >= 4 is 11.9 Å². The van der Waals surface area contributed by atoms with Crippen molar-refractivity contribution in [1.82, 2.24) is 14.8 Å². The van der Waals surface area contributed by atoms with Gasteiger partial charge in [-0.25, -0.2) is 4.68 Å². The molecule has 154 valence electrons. The number of hydrogen-bond donors (Lipinski definition) is 0. The fourth-order valence-corrected chi connectivity index (χ4v) is 3.21. The van der Waals surface area contributed by atoms with E-state index < -0.39 is 0 Å².